The Kier molecular flexibility index (Phi) is 3.56. The van der Waals surface area contributed by atoms with Gasteiger partial charge in [-0.05, 0) is 0 Å². The Morgan fingerprint density at radius 3 is 1.67 bits per heavy atom. The Morgan fingerprint density at radius 2 is 1.67 bits per heavy atom. The van der Waals surface area contributed by atoms with Crippen LogP contribution in [0.25, 0.3) is 0 Å². The average molecular weight is 196 g/mol. The van der Waals surface area contributed by atoms with E-state index in [1.165, 1.54) is 0 Å². The summed E-state index contributed by atoms with van der Waals surface area (Å²) < 4.78 is 10.6. The second kappa shape index (κ2) is 3.05. The van der Waals surface area contributed by atoms with Crippen molar-refractivity contribution in [1.82, 2.24) is 0 Å². The number of rotatable bonds is 1. The van der Waals surface area contributed by atoms with Crippen molar-refractivity contribution in [2.24, 2.45) is 0 Å². The molecular weight excluding hydrogens is 194 g/mol. The normalized spacial score (nSPS) is 20.0. The van der Waals surface area contributed by atoms with Gasteiger partial charge >= 0.3 is 0 Å². The maximum Gasteiger partial charge on any atom is 0.199 e. The number of hydrogen-bond acceptors (Lipinski definition) is 0. The lowest BCUT2D eigenvalue weighted by Crippen LogP contribution is -1.97. The highest BCUT2D eigenvalue weighted by molar-refractivity contribution is 9.10. The summed E-state index contributed by atoms with van der Waals surface area (Å²) in [5.74, 6) is 0. The molecule has 0 nitrogen and oxygen atoms in total. The Hall–Kier alpha value is 0.990. The first-order valence-corrected chi connectivity index (χ1v) is 2.99. The topological polar surface area (TPSA) is 0 Å². The van der Waals surface area contributed by atoms with Crippen LogP contribution in [0.3, 0.4) is 0 Å². The van der Waals surface area contributed by atoms with Gasteiger partial charge in [0.15, 0.2) is 5.63 Å². The molecule has 0 aromatic heterocycles. The highest BCUT2D eigenvalue weighted by atomic mass is 79.9. The van der Waals surface area contributed by atoms with Crippen molar-refractivity contribution < 1.29 is 4.39 Å². The van der Waals surface area contributed by atoms with E-state index in [0.29, 0.717) is 0 Å². The lowest BCUT2D eigenvalue weighted by atomic mass is 10.9. The first kappa shape index (κ1) is 6.99. The molecular formula is C2H2BrCl2F. The molecule has 0 saturated heterocycles. The lowest BCUT2D eigenvalue weighted by Gasteiger charge is -1.94. The van der Waals surface area contributed by atoms with Crippen LogP contribution >= 0.6 is 39.1 Å². The minimum atomic E-state index is -1.49. The van der Waals surface area contributed by atoms with Gasteiger partial charge in [0.1, 0.15) is 4.29 Å². The molecule has 0 radical (unpaired) electrons. The van der Waals surface area contributed by atoms with Gasteiger partial charge in [-0.25, -0.2) is 4.39 Å². The van der Waals surface area contributed by atoms with Crippen molar-refractivity contribution in [1.29, 1.82) is 0 Å². The zero-order valence-electron chi connectivity index (χ0n) is 2.67. The van der Waals surface area contributed by atoms with Gasteiger partial charge in [-0.3, -0.25) is 0 Å². The minimum absolute atomic E-state index is 0.765. The van der Waals surface area contributed by atoms with Crippen LogP contribution in [0.15, 0.2) is 0 Å². The summed E-state index contributed by atoms with van der Waals surface area (Å²) in [4.78, 5) is 0. The van der Waals surface area contributed by atoms with Gasteiger partial charge in [0, 0.05) is 0 Å². The molecule has 0 aromatic carbocycles. The lowest BCUT2D eigenvalue weighted by molar-refractivity contribution is 0.470. The molecule has 0 aromatic rings. The zero-order chi connectivity index (χ0) is 5.15. The van der Waals surface area contributed by atoms with Crippen LogP contribution in [-0.2, 0) is 0 Å². The number of halogens is 4. The standard InChI is InChI=1S/C2H2BrCl2F/c3-1(4)2(5)6/h1-2H/t1-,2-/m0/s1. The molecule has 0 amide bonds. The van der Waals surface area contributed by atoms with Crippen LogP contribution < -0.4 is 0 Å². The Balaban J connectivity index is 2.99. The maximum atomic E-state index is 11.4. The van der Waals surface area contributed by atoms with Crippen LogP contribution in [0.2, 0.25) is 0 Å². The van der Waals surface area contributed by atoms with Crippen molar-refractivity contribution in [3.05, 3.63) is 0 Å². The van der Waals surface area contributed by atoms with E-state index in [4.69, 9.17) is 23.2 Å². The molecule has 0 saturated carbocycles. The summed E-state index contributed by atoms with van der Waals surface area (Å²) >= 11 is 12.5. The Bertz CT molecular complexity index is 32.5. The van der Waals surface area contributed by atoms with Gasteiger partial charge in [0.25, 0.3) is 0 Å². The van der Waals surface area contributed by atoms with Crippen molar-refractivity contribution in [2.75, 3.05) is 0 Å². The Morgan fingerprint density at radius 1 is 1.50 bits per heavy atom. The molecule has 0 spiro atoms. The monoisotopic (exact) mass is 194 g/mol. The molecule has 0 aliphatic carbocycles. The predicted molar refractivity (Wildman–Crippen MR) is 29.3 cm³/mol. The van der Waals surface area contributed by atoms with Gasteiger partial charge in [-0.15, -0.1) is 11.6 Å². The molecule has 6 heavy (non-hydrogen) atoms. The summed E-state index contributed by atoms with van der Waals surface area (Å²) in [5.41, 5.74) is -1.49. The highest BCUT2D eigenvalue weighted by Crippen LogP contribution is 2.16. The summed E-state index contributed by atoms with van der Waals surface area (Å²) in [5, 5.41) is 0. The molecule has 4 heteroatoms. The molecule has 2 atom stereocenters. The highest BCUT2D eigenvalue weighted by Gasteiger charge is 2.08. The quantitative estimate of drug-likeness (QED) is 0.565. The van der Waals surface area contributed by atoms with Gasteiger partial charge in [-0.1, -0.05) is 27.5 Å². The summed E-state index contributed by atoms with van der Waals surface area (Å²) in [6, 6.07) is 0. The molecule has 0 unspecified atom stereocenters. The largest absolute Gasteiger partial charge is 0.227 e. The predicted octanol–water partition coefficient (Wildman–Crippen LogP) is 2.48. The van der Waals surface area contributed by atoms with Crippen LogP contribution in [0, 0.1) is 0 Å². The van der Waals surface area contributed by atoms with Crippen LogP contribution in [-0.4, -0.2) is 9.92 Å². The van der Waals surface area contributed by atoms with E-state index in [1.807, 2.05) is 0 Å². The third-order valence-electron chi connectivity index (χ3n) is 0.190. The van der Waals surface area contributed by atoms with Gasteiger partial charge in [-0.2, -0.15) is 0 Å². The number of alkyl halides is 4. The van der Waals surface area contributed by atoms with E-state index in [2.05, 4.69) is 15.9 Å². The second-order valence-electron chi connectivity index (χ2n) is 0.669. The molecule has 0 rings (SSSR count). The van der Waals surface area contributed by atoms with Crippen molar-refractivity contribution in [3.8, 4) is 0 Å². The molecule has 0 aliphatic rings. The fourth-order valence-electron chi connectivity index (χ4n) is 0. The van der Waals surface area contributed by atoms with E-state index in [0.717, 1.165) is 0 Å². The molecule has 0 aliphatic heterocycles. The van der Waals surface area contributed by atoms with Crippen molar-refractivity contribution in [2.45, 2.75) is 9.92 Å². The first-order chi connectivity index (χ1) is 2.64. The number of hydrogen-bond donors (Lipinski definition) is 0. The smallest absolute Gasteiger partial charge is 0.199 e. The van der Waals surface area contributed by atoms with Crippen molar-refractivity contribution in [3.63, 3.8) is 0 Å². The molecule has 0 fully saturated rings. The first-order valence-electron chi connectivity index (χ1n) is 1.21. The van der Waals surface area contributed by atoms with Crippen molar-refractivity contribution >= 4 is 39.1 Å². The van der Waals surface area contributed by atoms with E-state index in [-0.39, 0.29) is 0 Å². The summed E-state index contributed by atoms with van der Waals surface area (Å²) in [6.45, 7) is 0. The Labute approximate surface area is 53.7 Å². The van der Waals surface area contributed by atoms with Crippen LogP contribution in [0.1, 0.15) is 0 Å². The summed E-state index contributed by atoms with van der Waals surface area (Å²) in [7, 11) is 0. The van der Waals surface area contributed by atoms with Crippen LogP contribution in [0.5, 0.6) is 0 Å². The average Bonchev–Trinajstić information content (AvgIpc) is 1.36. The van der Waals surface area contributed by atoms with E-state index in [1.54, 1.807) is 0 Å². The molecule has 0 bridgehead atoms. The summed E-state index contributed by atoms with van der Waals surface area (Å²) in [6.07, 6.45) is 0. The van der Waals surface area contributed by atoms with Gasteiger partial charge < -0.3 is 0 Å². The van der Waals surface area contributed by atoms with E-state index < -0.39 is 9.92 Å². The fourth-order valence-corrected chi connectivity index (χ4v) is 0. The van der Waals surface area contributed by atoms with Gasteiger partial charge in [0.05, 0.1) is 0 Å². The van der Waals surface area contributed by atoms with E-state index in [9.17, 15) is 4.39 Å². The molecule has 0 heterocycles. The zero-order valence-corrected chi connectivity index (χ0v) is 5.76. The third-order valence-corrected chi connectivity index (χ3v) is 1.56. The molecule has 38 valence electrons. The maximum absolute atomic E-state index is 11.4. The van der Waals surface area contributed by atoms with Gasteiger partial charge in [0.2, 0.25) is 0 Å². The second-order valence-corrected chi connectivity index (χ2v) is 3.07. The van der Waals surface area contributed by atoms with Crippen LogP contribution in [0.4, 0.5) is 4.39 Å². The van der Waals surface area contributed by atoms with E-state index >= 15 is 0 Å². The SMILES string of the molecule is F[C@H](Cl)[C@H](Cl)Br. The minimum Gasteiger partial charge on any atom is -0.227 e. The molecule has 0 N–H and O–H groups in total. The fraction of sp³-hybridized carbons (Fsp3) is 1.00. The third kappa shape index (κ3) is 3.19.